The van der Waals surface area contributed by atoms with Crippen molar-refractivity contribution in [1.29, 1.82) is 0 Å². The number of hydrogen-bond donors (Lipinski definition) is 1. The average molecular weight is 327 g/mol. The van der Waals surface area contributed by atoms with E-state index in [1.54, 1.807) is 18.2 Å². The van der Waals surface area contributed by atoms with Gasteiger partial charge in [0.25, 0.3) is 5.91 Å². The van der Waals surface area contributed by atoms with E-state index in [9.17, 15) is 9.59 Å². The molecule has 1 heterocycles. The number of amides is 2. The molecule has 6 nitrogen and oxygen atoms in total. The normalized spacial score (nSPS) is 13.5. The summed E-state index contributed by atoms with van der Waals surface area (Å²) in [6, 6.07) is 5.00. The topological polar surface area (TPSA) is 67.9 Å². The summed E-state index contributed by atoms with van der Waals surface area (Å²) in [6.45, 7) is 3.57. The Labute approximate surface area is 134 Å². The van der Waals surface area contributed by atoms with E-state index in [0.717, 1.165) is 6.42 Å². The summed E-state index contributed by atoms with van der Waals surface area (Å²) in [5.74, 6) is 0.0602. The van der Waals surface area contributed by atoms with Crippen LogP contribution in [0.25, 0.3) is 0 Å². The average Bonchev–Trinajstić information content (AvgIpc) is 2.50. The van der Waals surface area contributed by atoms with Crippen LogP contribution in [0.4, 0.5) is 5.69 Å². The lowest BCUT2D eigenvalue weighted by Gasteiger charge is -2.29. The summed E-state index contributed by atoms with van der Waals surface area (Å²) in [5.41, 5.74) is 0.521. The maximum absolute atomic E-state index is 12.0. The number of benzene rings is 1. The maximum Gasteiger partial charge on any atom is 0.265 e. The zero-order valence-electron chi connectivity index (χ0n) is 12.4. The first-order valence-electron chi connectivity index (χ1n) is 7.19. The monoisotopic (exact) mass is 326 g/mol. The molecule has 0 unspecified atom stereocenters. The van der Waals surface area contributed by atoms with Gasteiger partial charge in [0.15, 0.2) is 6.61 Å². The van der Waals surface area contributed by atoms with Crippen molar-refractivity contribution in [3.63, 3.8) is 0 Å². The second-order valence-electron chi connectivity index (χ2n) is 4.78. The fraction of sp³-hybridized carbons (Fsp3) is 0.467. The molecule has 0 saturated carbocycles. The van der Waals surface area contributed by atoms with Crippen molar-refractivity contribution in [2.24, 2.45) is 0 Å². The summed E-state index contributed by atoms with van der Waals surface area (Å²) in [7, 11) is 0. The highest BCUT2D eigenvalue weighted by atomic mass is 35.5. The minimum atomic E-state index is -0.265. The van der Waals surface area contributed by atoms with Crippen LogP contribution in [0.5, 0.6) is 5.75 Å². The molecule has 1 N–H and O–H groups in total. The van der Waals surface area contributed by atoms with Gasteiger partial charge in [-0.05, 0) is 31.5 Å². The fourth-order valence-corrected chi connectivity index (χ4v) is 2.26. The quantitative estimate of drug-likeness (QED) is 0.773. The number of ether oxygens (including phenoxy) is 2. The summed E-state index contributed by atoms with van der Waals surface area (Å²) in [5, 5.41) is 3.25. The Morgan fingerprint density at radius 3 is 3.09 bits per heavy atom. The minimum Gasteiger partial charge on any atom is -0.482 e. The molecule has 1 aliphatic heterocycles. The first-order valence-corrected chi connectivity index (χ1v) is 7.56. The molecule has 0 saturated heterocycles. The van der Waals surface area contributed by atoms with Crippen LogP contribution in [0.15, 0.2) is 18.2 Å². The largest absolute Gasteiger partial charge is 0.482 e. The number of nitrogens with zero attached hydrogens (tertiary/aromatic N) is 1. The van der Waals surface area contributed by atoms with Gasteiger partial charge in [-0.25, -0.2) is 0 Å². The second-order valence-corrected chi connectivity index (χ2v) is 5.22. The van der Waals surface area contributed by atoms with Crippen LogP contribution in [0.1, 0.15) is 13.3 Å². The molecular weight excluding hydrogens is 308 g/mol. The molecule has 7 heteroatoms. The van der Waals surface area contributed by atoms with E-state index in [4.69, 9.17) is 21.1 Å². The summed E-state index contributed by atoms with van der Waals surface area (Å²) in [6.07, 6.45) is 0.735. The number of nitrogens with one attached hydrogen (secondary N) is 1. The third-order valence-corrected chi connectivity index (χ3v) is 3.39. The molecule has 2 amide bonds. The van der Waals surface area contributed by atoms with Crippen molar-refractivity contribution in [3.05, 3.63) is 23.2 Å². The molecule has 1 aliphatic rings. The highest BCUT2D eigenvalue weighted by Crippen LogP contribution is 2.34. The van der Waals surface area contributed by atoms with E-state index in [-0.39, 0.29) is 25.0 Å². The molecule has 120 valence electrons. The lowest BCUT2D eigenvalue weighted by Crippen LogP contribution is -2.45. The van der Waals surface area contributed by atoms with Gasteiger partial charge in [0.05, 0.1) is 5.69 Å². The van der Waals surface area contributed by atoms with Crippen molar-refractivity contribution < 1.29 is 19.1 Å². The summed E-state index contributed by atoms with van der Waals surface area (Å²) < 4.78 is 10.5. The number of anilines is 1. The van der Waals surface area contributed by atoms with E-state index in [1.807, 2.05) is 6.92 Å². The smallest absolute Gasteiger partial charge is 0.265 e. The Bertz CT molecular complexity index is 550. The number of carbonyl (C=O) groups excluding carboxylic acids is 2. The van der Waals surface area contributed by atoms with Gasteiger partial charge in [-0.1, -0.05) is 11.6 Å². The third-order valence-electron chi connectivity index (χ3n) is 3.16. The Hall–Kier alpha value is -1.79. The summed E-state index contributed by atoms with van der Waals surface area (Å²) in [4.78, 5) is 25.3. The van der Waals surface area contributed by atoms with Crippen molar-refractivity contribution >= 4 is 29.1 Å². The van der Waals surface area contributed by atoms with Crippen molar-refractivity contribution in [2.45, 2.75) is 13.3 Å². The lowest BCUT2D eigenvalue weighted by molar-refractivity contribution is -0.125. The molecule has 2 rings (SSSR count). The standard InChI is InChI=1S/C15H19ClN2O4/c1-2-21-7-3-6-17-14(19)9-18-12-8-11(16)4-5-13(12)22-10-15(18)20/h4-5,8H,2-3,6-7,9-10H2,1H3,(H,17,19). The molecule has 1 aromatic carbocycles. The Morgan fingerprint density at radius 2 is 2.32 bits per heavy atom. The van der Waals surface area contributed by atoms with Crippen LogP contribution in [-0.4, -0.2) is 44.7 Å². The lowest BCUT2D eigenvalue weighted by atomic mass is 10.2. The van der Waals surface area contributed by atoms with Gasteiger partial charge in [-0.15, -0.1) is 0 Å². The highest BCUT2D eigenvalue weighted by Gasteiger charge is 2.27. The maximum atomic E-state index is 12.0. The van der Waals surface area contributed by atoms with Crippen LogP contribution in [0.3, 0.4) is 0 Å². The molecule has 0 spiro atoms. The number of halogens is 1. The molecule has 0 atom stereocenters. The molecule has 0 aliphatic carbocycles. The van der Waals surface area contributed by atoms with Crippen LogP contribution in [0, 0.1) is 0 Å². The highest BCUT2D eigenvalue weighted by molar-refractivity contribution is 6.31. The van der Waals surface area contributed by atoms with E-state index >= 15 is 0 Å². The van der Waals surface area contributed by atoms with Gasteiger partial charge in [-0.2, -0.15) is 0 Å². The molecule has 22 heavy (non-hydrogen) atoms. The van der Waals surface area contributed by atoms with E-state index in [2.05, 4.69) is 5.32 Å². The molecule has 1 aromatic rings. The first kappa shape index (κ1) is 16.6. The van der Waals surface area contributed by atoms with Crippen LogP contribution < -0.4 is 15.0 Å². The van der Waals surface area contributed by atoms with Gasteiger partial charge in [-0.3, -0.25) is 14.5 Å². The summed E-state index contributed by atoms with van der Waals surface area (Å²) >= 11 is 5.95. The van der Waals surface area contributed by atoms with Gasteiger partial charge in [0, 0.05) is 24.8 Å². The first-order chi connectivity index (χ1) is 10.6. The van der Waals surface area contributed by atoms with Gasteiger partial charge in [0.2, 0.25) is 5.91 Å². The Balaban J connectivity index is 1.93. The number of hydrogen-bond acceptors (Lipinski definition) is 4. The predicted octanol–water partition coefficient (Wildman–Crippen LogP) is 1.61. The van der Waals surface area contributed by atoms with E-state index in [1.165, 1.54) is 4.90 Å². The van der Waals surface area contributed by atoms with E-state index in [0.29, 0.717) is 36.2 Å². The zero-order valence-corrected chi connectivity index (χ0v) is 13.2. The van der Waals surface area contributed by atoms with Gasteiger partial charge >= 0.3 is 0 Å². The van der Waals surface area contributed by atoms with E-state index < -0.39 is 0 Å². The van der Waals surface area contributed by atoms with Gasteiger partial charge < -0.3 is 14.8 Å². The third kappa shape index (κ3) is 4.35. The van der Waals surface area contributed by atoms with Crippen molar-refractivity contribution in [3.8, 4) is 5.75 Å². The van der Waals surface area contributed by atoms with Gasteiger partial charge in [0.1, 0.15) is 12.3 Å². The van der Waals surface area contributed by atoms with Crippen LogP contribution in [-0.2, 0) is 14.3 Å². The number of fused-ring (bicyclic) bond motifs is 1. The zero-order chi connectivity index (χ0) is 15.9. The molecular formula is C15H19ClN2O4. The predicted molar refractivity (Wildman–Crippen MR) is 83.4 cm³/mol. The van der Waals surface area contributed by atoms with Crippen LogP contribution in [0.2, 0.25) is 5.02 Å². The van der Waals surface area contributed by atoms with Crippen molar-refractivity contribution in [2.75, 3.05) is 37.8 Å². The molecule has 0 radical (unpaired) electrons. The molecule has 0 bridgehead atoms. The molecule has 0 aromatic heterocycles. The van der Waals surface area contributed by atoms with Crippen LogP contribution >= 0.6 is 11.6 Å². The minimum absolute atomic E-state index is 0.0514. The molecule has 0 fully saturated rings. The number of carbonyl (C=O) groups is 2. The fourth-order valence-electron chi connectivity index (χ4n) is 2.09. The number of rotatable bonds is 7. The van der Waals surface area contributed by atoms with Crippen molar-refractivity contribution in [1.82, 2.24) is 5.32 Å². The SMILES string of the molecule is CCOCCCNC(=O)CN1C(=O)COc2ccc(Cl)cc21. The Morgan fingerprint density at radius 1 is 1.50 bits per heavy atom. The second kappa shape index (κ2) is 8.00. The Kier molecular flexibility index (Phi) is 6.03.